The first-order valence-electron chi connectivity index (χ1n) is 5.87. The van der Waals surface area contributed by atoms with Crippen LogP contribution in [0, 0.1) is 18.6 Å². The number of nitrogens with two attached hydrogens (primary N) is 1. The summed E-state index contributed by atoms with van der Waals surface area (Å²) in [5, 5.41) is 0. The Morgan fingerprint density at radius 2 is 1.90 bits per heavy atom. The number of hydrogen-bond acceptors (Lipinski definition) is 2. The van der Waals surface area contributed by atoms with Gasteiger partial charge in [0.05, 0.1) is 21.2 Å². The van der Waals surface area contributed by atoms with Crippen molar-refractivity contribution in [1.29, 1.82) is 0 Å². The molecule has 0 aliphatic carbocycles. The van der Waals surface area contributed by atoms with Gasteiger partial charge in [0.25, 0.3) is 0 Å². The van der Waals surface area contributed by atoms with Crippen LogP contribution in [-0.4, -0.2) is 9.55 Å². The number of hydrogen-bond donors (Lipinski definition) is 1. The van der Waals surface area contributed by atoms with E-state index in [1.807, 2.05) is 25.1 Å². The summed E-state index contributed by atoms with van der Waals surface area (Å²) in [7, 11) is 0. The third-order valence-corrected chi connectivity index (χ3v) is 3.67. The van der Waals surface area contributed by atoms with Crippen LogP contribution in [0.25, 0.3) is 16.7 Å². The Balaban J connectivity index is 2.37. The maximum absolute atomic E-state index is 14.0. The van der Waals surface area contributed by atoms with Gasteiger partial charge in [-0.1, -0.05) is 6.07 Å². The van der Waals surface area contributed by atoms with E-state index in [-0.39, 0.29) is 16.1 Å². The van der Waals surface area contributed by atoms with E-state index in [4.69, 9.17) is 5.73 Å². The molecule has 0 amide bonds. The zero-order chi connectivity index (χ0) is 14.4. The van der Waals surface area contributed by atoms with Crippen molar-refractivity contribution in [3.63, 3.8) is 0 Å². The third-order valence-electron chi connectivity index (χ3n) is 3.07. The molecule has 3 rings (SSSR count). The Bertz CT molecular complexity index is 827. The average molecular weight is 338 g/mol. The zero-order valence-electron chi connectivity index (χ0n) is 10.5. The molecule has 3 nitrogen and oxygen atoms in total. The van der Waals surface area contributed by atoms with Gasteiger partial charge >= 0.3 is 0 Å². The summed E-state index contributed by atoms with van der Waals surface area (Å²) in [5.74, 6) is -1.20. The van der Waals surface area contributed by atoms with E-state index in [0.717, 1.165) is 11.6 Å². The van der Waals surface area contributed by atoms with Crippen LogP contribution in [0.4, 0.5) is 14.7 Å². The fourth-order valence-electron chi connectivity index (χ4n) is 2.14. The van der Waals surface area contributed by atoms with Gasteiger partial charge in [-0.05, 0) is 46.6 Å². The topological polar surface area (TPSA) is 43.8 Å². The van der Waals surface area contributed by atoms with E-state index < -0.39 is 11.6 Å². The van der Waals surface area contributed by atoms with Crippen molar-refractivity contribution in [1.82, 2.24) is 9.55 Å². The molecule has 0 aliphatic heterocycles. The number of aromatic nitrogens is 2. The van der Waals surface area contributed by atoms with Crippen LogP contribution in [0.2, 0.25) is 0 Å². The van der Waals surface area contributed by atoms with E-state index >= 15 is 0 Å². The van der Waals surface area contributed by atoms with Gasteiger partial charge in [0, 0.05) is 6.07 Å². The quantitative estimate of drug-likeness (QED) is 0.683. The number of rotatable bonds is 1. The lowest BCUT2D eigenvalue weighted by atomic mass is 10.2. The minimum atomic E-state index is -0.696. The van der Waals surface area contributed by atoms with Gasteiger partial charge in [0.1, 0.15) is 11.6 Å². The molecule has 0 saturated heterocycles. The number of imidazole rings is 1. The van der Waals surface area contributed by atoms with Crippen molar-refractivity contribution in [2.75, 3.05) is 5.73 Å². The lowest BCUT2D eigenvalue weighted by Crippen LogP contribution is -2.04. The molecule has 2 N–H and O–H groups in total. The van der Waals surface area contributed by atoms with Crippen LogP contribution >= 0.6 is 15.9 Å². The number of benzene rings is 2. The maximum Gasteiger partial charge on any atom is 0.206 e. The Hall–Kier alpha value is -1.95. The van der Waals surface area contributed by atoms with Crippen LogP contribution in [0.15, 0.2) is 34.8 Å². The van der Waals surface area contributed by atoms with E-state index in [1.165, 1.54) is 10.6 Å². The monoisotopic (exact) mass is 337 g/mol. The van der Waals surface area contributed by atoms with Gasteiger partial charge in [0.2, 0.25) is 5.95 Å². The van der Waals surface area contributed by atoms with Crippen LogP contribution in [0.1, 0.15) is 5.56 Å². The standard InChI is InChI=1S/C14H10BrF2N3/c1-7-2-3-11-13(4-7)20(14(18)19-11)12-5-8(15)9(16)6-10(12)17/h2-6H,1H3,(H2,18,19). The number of nitrogen functional groups attached to an aromatic ring is 1. The number of halogens is 3. The largest absolute Gasteiger partial charge is 0.369 e. The fourth-order valence-corrected chi connectivity index (χ4v) is 2.47. The van der Waals surface area contributed by atoms with Gasteiger partial charge in [-0.2, -0.15) is 0 Å². The van der Waals surface area contributed by atoms with Crippen molar-refractivity contribution in [2.45, 2.75) is 6.92 Å². The molecule has 1 heterocycles. The minimum Gasteiger partial charge on any atom is -0.369 e. The van der Waals surface area contributed by atoms with Crippen molar-refractivity contribution in [2.24, 2.45) is 0 Å². The van der Waals surface area contributed by atoms with Gasteiger partial charge < -0.3 is 5.73 Å². The summed E-state index contributed by atoms with van der Waals surface area (Å²) in [5.41, 5.74) is 8.37. The summed E-state index contributed by atoms with van der Waals surface area (Å²) < 4.78 is 29.0. The molecule has 0 unspecified atom stereocenters. The van der Waals surface area contributed by atoms with Crippen LogP contribution < -0.4 is 5.73 Å². The fraction of sp³-hybridized carbons (Fsp3) is 0.0714. The highest BCUT2D eigenvalue weighted by Gasteiger charge is 2.16. The predicted octanol–water partition coefficient (Wildman–Crippen LogP) is 3.96. The van der Waals surface area contributed by atoms with Gasteiger partial charge in [-0.25, -0.2) is 13.8 Å². The summed E-state index contributed by atoms with van der Waals surface area (Å²) in [6.07, 6.45) is 0. The highest BCUT2D eigenvalue weighted by Crippen LogP contribution is 2.29. The van der Waals surface area contributed by atoms with Crippen molar-refractivity contribution >= 4 is 32.9 Å². The van der Waals surface area contributed by atoms with Gasteiger partial charge in [0.15, 0.2) is 0 Å². The summed E-state index contributed by atoms with van der Waals surface area (Å²) in [6, 6.07) is 7.74. The molecule has 0 spiro atoms. The van der Waals surface area contributed by atoms with Crippen LogP contribution in [0.5, 0.6) is 0 Å². The minimum absolute atomic E-state index is 0.156. The number of aryl methyl sites for hydroxylation is 1. The first kappa shape index (κ1) is 13.1. The third kappa shape index (κ3) is 1.96. The number of nitrogens with zero attached hydrogens (tertiary/aromatic N) is 2. The lowest BCUT2D eigenvalue weighted by molar-refractivity contribution is 0.574. The molecule has 0 atom stereocenters. The van der Waals surface area contributed by atoms with Crippen LogP contribution in [-0.2, 0) is 0 Å². The number of fused-ring (bicyclic) bond motifs is 1. The maximum atomic E-state index is 14.0. The van der Waals surface area contributed by atoms with Crippen molar-refractivity contribution in [3.05, 3.63) is 52.0 Å². The second-order valence-corrected chi connectivity index (χ2v) is 5.37. The summed E-state index contributed by atoms with van der Waals surface area (Å²) in [6.45, 7) is 1.92. The Morgan fingerprint density at radius 3 is 2.65 bits per heavy atom. The van der Waals surface area contributed by atoms with Gasteiger partial charge in [-0.15, -0.1) is 0 Å². The molecular weight excluding hydrogens is 328 g/mol. The Morgan fingerprint density at radius 1 is 1.15 bits per heavy atom. The van der Waals surface area contributed by atoms with Crippen LogP contribution in [0.3, 0.4) is 0 Å². The molecule has 0 saturated carbocycles. The Labute approximate surface area is 122 Å². The van der Waals surface area contributed by atoms with E-state index in [1.54, 1.807) is 0 Å². The molecule has 1 aromatic heterocycles. The molecule has 0 fully saturated rings. The highest BCUT2D eigenvalue weighted by atomic mass is 79.9. The predicted molar refractivity (Wildman–Crippen MR) is 77.8 cm³/mol. The summed E-state index contributed by atoms with van der Waals surface area (Å²) >= 11 is 3.05. The highest BCUT2D eigenvalue weighted by molar-refractivity contribution is 9.10. The normalized spacial score (nSPS) is 11.2. The zero-order valence-corrected chi connectivity index (χ0v) is 12.1. The lowest BCUT2D eigenvalue weighted by Gasteiger charge is -2.09. The first-order valence-corrected chi connectivity index (χ1v) is 6.66. The van der Waals surface area contributed by atoms with Gasteiger partial charge in [-0.3, -0.25) is 4.57 Å². The first-order chi connectivity index (χ1) is 9.47. The average Bonchev–Trinajstić information content (AvgIpc) is 2.69. The SMILES string of the molecule is Cc1ccc2nc(N)n(-c3cc(Br)c(F)cc3F)c2c1. The molecule has 6 heteroatoms. The van der Waals surface area contributed by atoms with Crippen molar-refractivity contribution in [3.8, 4) is 5.69 Å². The second kappa shape index (κ2) is 4.56. The van der Waals surface area contributed by atoms with E-state index in [9.17, 15) is 8.78 Å². The smallest absolute Gasteiger partial charge is 0.206 e. The summed E-state index contributed by atoms with van der Waals surface area (Å²) in [4.78, 5) is 4.19. The molecule has 2 aromatic carbocycles. The molecule has 0 radical (unpaired) electrons. The molecule has 102 valence electrons. The molecule has 20 heavy (non-hydrogen) atoms. The second-order valence-electron chi connectivity index (χ2n) is 4.52. The number of anilines is 1. The van der Waals surface area contributed by atoms with E-state index in [0.29, 0.717) is 11.0 Å². The molecular formula is C14H10BrF2N3. The van der Waals surface area contributed by atoms with E-state index in [2.05, 4.69) is 20.9 Å². The molecule has 3 aromatic rings. The Kier molecular flexibility index (Phi) is 2.97. The van der Waals surface area contributed by atoms with Crippen molar-refractivity contribution < 1.29 is 8.78 Å². The molecule has 0 aliphatic rings. The molecule has 0 bridgehead atoms.